The minimum Gasteiger partial charge on any atom is -0.382 e. The zero-order valence-electron chi connectivity index (χ0n) is 6.04. The number of hydrogen-bond acceptors (Lipinski definition) is 2. The van der Waals surface area contributed by atoms with Gasteiger partial charge in [0.2, 0.25) is 0 Å². The Morgan fingerprint density at radius 1 is 1.70 bits per heavy atom. The maximum Gasteiger partial charge on any atom is 0.141 e. The molecule has 3 nitrogen and oxygen atoms in total. The van der Waals surface area contributed by atoms with Crippen molar-refractivity contribution in [3.05, 3.63) is 12.0 Å². The molecule has 0 radical (unpaired) electrons. The summed E-state index contributed by atoms with van der Waals surface area (Å²) in [5.74, 6) is 2.49. The third-order valence-corrected chi connectivity index (χ3v) is 1.87. The first-order valence-corrected chi connectivity index (χ1v) is 3.56. The number of nitrogens with zero attached hydrogens (tertiary/aromatic N) is 2. The zero-order chi connectivity index (χ0) is 7.14. The van der Waals surface area contributed by atoms with Crippen LogP contribution in [0.4, 0.5) is 5.82 Å². The topological polar surface area (TPSA) is 43.8 Å². The molecule has 54 valence electrons. The van der Waals surface area contributed by atoms with Crippen molar-refractivity contribution in [3.63, 3.8) is 0 Å². The Morgan fingerprint density at radius 2 is 2.40 bits per heavy atom. The van der Waals surface area contributed by atoms with Gasteiger partial charge < -0.3 is 10.3 Å². The molecule has 0 spiro atoms. The maximum atomic E-state index is 5.51. The van der Waals surface area contributed by atoms with E-state index in [0.29, 0.717) is 11.7 Å². The summed E-state index contributed by atoms with van der Waals surface area (Å²) in [6, 6.07) is 0. The fourth-order valence-electron chi connectivity index (χ4n) is 1.23. The number of aromatic nitrogens is 2. The third kappa shape index (κ3) is 0.781. The summed E-state index contributed by atoms with van der Waals surface area (Å²) >= 11 is 0. The Hall–Kier alpha value is -0.990. The van der Waals surface area contributed by atoms with Gasteiger partial charge in [-0.3, -0.25) is 0 Å². The van der Waals surface area contributed by atoms with Crippen LogP contribution in [0.3, 0.4) is 0 Å². The quantitative estimate of drug-likeness (QED) is 0.624. The average Bonchev–Trinajstić information content (AvgIpc) is 2.61. The molecule has 0 aromatic carbocycles. The van der Waals surface area contributed by atoms with Crippen LogP contribution in [0, 0.1) is 0 Å². The van der Waals surface area contributed by atoms with Crippen LogP contribution in [0.25, 0.3) is 0 Å². The summed E-state index contributed by atoms with van der Waals surface area (Å²) in [5, 5.41) is 0. The van der Waals surface area contributed by atoms with Gasteiger partial charge in [-0.1, -0.05) is 0 Å². The second-order valence-corrected chi connectivity index (χ2v) is 2.91. The van der Waals surface area contributed by atoms with Crippen molar-refractivity contribution < 1.29 is 0 Å². The fourth-order valence-corrected chi connectivity index (χ4v) is 1.23. The molecule has 0 amide bonds. The van der Waals surface area contributed by atoms with Crippen LogP contribution in [0.2, 0.25) is 0 Å². The molecule has 1 saturated carbocycles. The van der Waals surface area contributed by atoms with Crippen molar-refractivity contribution in [2.75, 3.05) is 5.73 Å². The molecule has 1 aliphatic rings. The molecule has 1 fully saturated rings. The molecule has 3 heteroatoms. The predicted octanol–water partition coefficient (Wildman–Crippen LogP) is 0.880. The minimum atomic E-state index is 0.643. The standard InChI is InChI=1S/C7H11N3/c1-10-4-6(8)9-7(10)5-2-3-5/h4-5H,2-3,8H2,1H3. The van der Waals surface area contributed by atoms with Gasteiger partial charge in [-0.25, -0.2) is 4.98 Å². The van der Waals surface area contributed by atoms with Crippen LogP contribution in [0.5, 0.6) is 0 Å². The number of imidazole rings is 1. The lowest BCUT2D eigenvalue weighted by molar-refractivity contribution is 0.799. The van der Waals surface area contributed by atoms with E-state index in [9.17, 15) is 0 Å². The second kappa shape index (κ2) is 1.75. The van der Waals surface area contributed by atoms with Gasteiger partial charge in [-0.2, -0.15) is 0 Å². The van der Waals surface area contributed by atoms with Crippen LogP contribution in [-0.2, 0) is 7.05 Å². The summed E-state index contributed by atoms with van der Waals surface area (Å²) in [7, 11) is 2.00. The number of aryl methyl sites for hydroxylation is 1. The Kier molecular flexibility index (Phi) is 1.01. The lowest BCUT2D eigenvalue weighted by atomic mass is 10.4. The van der Waals surface area contributed by atoms with Crippen LogP contribution in [0.1, 0.15) is 24.6 Å². The van der Waals surface area contributed by atoms with Crippen molar-refractivity contribution >= 4 is 5.82 Å². The number of nitrogen functional groups attached to an aromatic ring is 1. The molecule has 10 heavy (non-hydrogen) atoms. The second-order valence-electron chi connectivity index (χ2n) is 2.91. The lowest BCUT2D eigenvalue weighted by Crippen LogP contribution is -1.93. The van der Waals surface area contributed by atoms with E-state index < -0.39 is 0 Å². The van der Waals surface area contributed by atoms with Crippen molar-refractivity contribution in [2.45, 2.75) is 18.8 Å². The average molecular weight is 137 g/mol. The van der Waals surface area contributed by atoms with Crippen molar-refractivity contribution in [3.8, 4) is 0 Å². The SMILES string of the molecule is Cn1cc(N)nc1C1CC1. The van der Waals surface area contributed by atoms with E-state index in [-0.39, 0.29) is 0 Å². The predicted molar refractivity (Wildman–Crippen MR) is 39.6 cm³/mol. The Labute approximate surface area is 59.9 Å². The van der Waals surface area contributed by atoms with Gasteiger partial charge in [0.25, 0.3) is 0 Å². The summed E-state index contributed by atoms with van der Waals surface area (Å²) < 4.78 is 2.02. The van der Waals surface area contributed by atoms with E-state index in [1.54, 1.807) is 0 Å². The van der Waals surface area contributed by atoms with E-state index in [2.05, 4.69) is 4.98 Å². The normalized spacial score (nSPS) is 17.7. The van der Waals surface area contributed by atoms with Gasteiger partial charge in [-0.15, -0.1) is 0 Å². The van der Waals surface area contributed by atoms with Gasteiger partial charge >= 0.3 is 0 Å². The molecule has 1 heterocycles. The highest BCUT2D eigenvalue weighted by molar-refractivity contribution is 5.28. The number of nitrogens with two attached hydrogens (primary N) is 1. The monoisotopic (exact) mass is 137 g/mol. The lowest BCUT2D eigenvalue weighted by Gasteiger charge is -1.94. The minimum absolute atomic E-state index is 0.643. The summed E-state index contributed by atoms with van der Waals surface area (Å²) in [6.07, 6.45) is 4.43. The third-order valence-electron chi connectivity index (χ3n) is 1.87. The summed E-state index contributed by atoms with van der Waals surface area (Å²) in [4.78, 5) is 4.21. The van der Waals surface area contributed by atoms with E-state index in [0.717, 1.165) is 5.82 Å². The Bertz CT molecular complexity index is 247. The van der Waals surface area contributed by atoms with Crippen LogP contribution in [0.15, 0.2) is 6.20 Å². The Morgan fingerprint density at radius 3 is 2.80 bits per heavy atom. The maximum absolute atomic E-state index is 5.51. The summed E-state index contributed by atoms with van der Waals surface area (Å²) in [6.45, 7) is 0. The van der Waals surface area contributed by atoms with Crippen molar-refractivity contribution in [2.24, 2.45) is 7.05 Å². The van der Waals surface area contributed by atoms with Crippen molar-refractivity contribution in [1.29, 1.82) is 0 Å². The summed E-state index contributed by atoms with van der Waals surface area (Å²) in [5.41, 5.74) is 5.51. The molecule has 0 saturated heterocycles. The molecule has 1 aromatic rings. The van der Waals surface area contributed by atoms with E-state index in [4.69, 9.17) is 5.73 Å². The van der Waals surface area contributed by atoms with E-state index in [1.165, 1.54) is 12.8 Å². The zero-order valence-corrected chi connectivity index (χ0v) is 6.04. The van der Waals surface area contributed by atoms with Crippen molar-refractivity contribution in [1.82, 2.24) is 9.55 Å². The van der Waals surface area contributed by atoms with Gasteiger partial charge in [0.05, 0.1) is 0 Å². The number of hydrogen-bond donors (Lipinski definition) is 1. The first kappa shape index (κ1) is 5.77. The molecular weight excluding hydrogens is 126 g/mol. The van der Waals surface area contributed by atoms with Gasteiger partial charge in [0, 0.05) is 19.2 Å². The van der Waals surface area contributed by atoms with Gasteiger partial charge in [-0.05, 0) is 12.8 Å². The number of anilines is 1. The molecule has 1 aromatic heterocycles. The molecular formula is C7H11N3. The number of rotatable bonds is 1. The highest BCUT2D eigenvalue weighted by Gasteiger charge is 2.27. The first-order chi connectivity index (χ1) is 4.77. The smallest absolute Gasteiger partial charge is 0.141 e. The van der Waals surface area contributed by atoms with Gasteiger partial charge in [0.15, 0.2) is 0 Å². The molecule has 1 aliphatic carbocycles. The van der Waals surface area contributed by atoms with E-state index >= 15 is 0 Å². The molecule has 0 aliphatic heterocycles. The molecule has 0 bridgehead atoms. The van der Waals surface area contributed by atoms with Crippen LogP contribution < -0.4 is 5.73 Å². The molecule has 2 N–H and O–H groups in total. The van der Waals surface area contributed by atoms with E-state index in [1.807, 2.05) is 17.8 Å². The Balaban J connectivity index is 2.38. The van der Waals surface area contributed by atoms with Crippen LogP contribution in [-0.4, -0.2) is 9.55 Å². The molecule has 0 atom stereocenters. The fraction of sp³-hybridized carbons (Fsp3) is 0.571. The first-order valence-electron chi connectivity index (χ1n) is 3.56. The largest absolute Gasteiger partial charge is 0.382 e. The highest BCUT2D eigenvalue weighted by atomic mass is 15.1. The molecule has 2 rings (SSSR count). The van der Waals surface area contributed by atoms with Gasteiger partial charge in [0.1, 0.15) is 11.6 Å². The van der Waals surface area contributed by atoms with Crippen LogP contribution >= 0.6 is 0 Å². The molecule has 0 unspecified atom stereocenters. The highest BCUT2D eigenvalue weighted by Crippen LogP contribution is 2.39.